The van der Waals surface area contributed by atoms with Gasteiger partial charge in [-0.15, -0.1) is 0 Å². The Bertz CT molecular complexity index is 690. The Hall–Kier alpha value is -1.61. The molecule has 2 nitrogen and oxygen atoms in total. The Balaban J connectivity index is 2.21. The second kappa shape index (κ2) is 8.85. The molecule has 0 atom stereocenters. The van der Waals surface area contributed by atoms with Gasteiger partial charge < -0.3 is 9.47 Å². The van der Waals surface area contributed by atoms with E-state index in [1.165, 1.54) is 17.7 Å². The standard InChI is InChI=1S/C23H32O2S/c1-8-16(4)26-18(6)20-11-19(17(5)24-7)12-21(13-20)25-22-14-23(9-2,10-3)15-22/h8,11-13,22H,5-6,9-10,14-15H2,1-4,7H3/b16-8-. The maximum absolute atomic E-state index is 6.31. The topological polar surface area (TPSA) is 18.5 Å². The number of thioether (sulfide) groups is 1. The van der Waals surface area contributed by atoms with Gasteiger partial charge in [0.25, 0.3) is 0 Å². The molecule has 0 aliphatic heterocycles. The molecule has 26 heavy (non-hydrogen) atoms. The molecule has 1 aromatic rings. The minimum absolute atomic E-state index is 0.298. The van der Waals surface area contributed by atoms with Crippen molar-refractivity contribution in [2.45, 2.75) is 59.5 Å². The predicted molar refractivity (Wildman–Crippen MR) is 115 cm³/mol. The number of ether oxygens (including phenoxy) is 2. The summed E-state index contributed by atoms with van der Waals surface area (Å²) in [4.78, 5) is 2.23. The van der Waals surface area contributed by atoms with Crippen LogP contribution >= 0.6 is 11.8 Å². The Morgan fingerprint density at radius 1 is 1.19 bits per heavy atom. The van der Waals surface area contributed by atoms with Crippen LogP contribution in [0.5, 0.6) is 5.75 Å². The fourth-order valence-corrected chi connectivity index (χ4v) is 4.17. The molecule has 0 aromatic heterocycles. The number of methoxy groups -OCH3 is 1. The summed E-state index contributed by atoms with van der Waals surface area (Å²) in [5, 5.41) is 0. The predicted octanol–water partition coefficient (Wildman–Crippen LogP) is 7.28. The molecule has 1 aliphatic rings. The van der Waals surface area contributed by atoms with Crippen LogP contribution in [-0.2, 0) is 4.74 Å². The fourth-order valence-electron chi connectivity index (χ4n) is 3.43. The lowest BCUT2D eigenvalue weighted by atomic mass is 9.63. The second-order valence-electron chi connectivity index (χ2n) is 7.15. The molecule has 0 bridgehead atoms. The number of hydrogen-bond donors (Lipinski definition) is 0. The van der Waals surface area contributed by atoms with Crippen LogP contribution in [0, 0.1) is 5.41 Å². The van der Waals surface area contributed by atoms with Crippen LogP contribution in [0.3, 0.4) is 0 Å². The third-order valence-corrected chi connectivity index (χ3v) is 6.65. The van der Waals surface area contributed by atoms with Gasteiger partial charge in [-0.25, -0.2) is 0 Å². The highest BCUT2D eigenvalue weighted by Crippen LogP contribution is 2.48. The van der Waals surface area contributed by atoms with E-state index in [4.69, 9.17) is 9.47 Å². The molecule has 1 saturated carbocycles. The van der Waals surface area contributed by atoms with E-state index < -0.39 is 0 Å². The summed E-state index contributed by atoms with van der Waals surface area (Å²) in [6, 6.07) is 6.18. The average molecular weight is 373 g/mol. The normalized spacial score (nSPS) is 16.7. The molecule has 1 aromatic carbocycles. The summed E-state index contributed by atoms with van der Waals surface area (Å²) >= 11 is 1.68. The maximum atomic E-state index is 6.31. The van der Waals surface area contributed by atoms with Gasteiger partial charge >= 0.3 is 0 Å². The van der Waals surface area contributed by atoms with Crippen LogP contribution in [0.25, 0.3) is 10.7 Å². The lowest BCUT2D eigenvalue weighted by Gasteiger charge is -2.46. The molecule has 0 amide bonds. The van der Waals surface area contributed by atoms with E-state index in [1.807, 2.05) is 13.0 Å². The number of allylic oxidation sites excluding steroid dienone is 2. The van der Waals surface area contributed by atoms with E-state index in [0.29, 0.717) is 17.3 Å². The first-order valence-corrected chi connectivity index (χ1v) is 10.2. The molecule has 2 rings (SSSR count). The van der Waals surface area contributed by atoms with Crippen molar-refractivity contribution in [3.05, 3.63) is 53.5 Å². The quantitative estimate of drug-likeness (QED) is 0.424. The Morgan fingerprint density at radius 2 is 1.81 bits per heavy atom. The minimum atomic E-state index is 0.298. The summed E-state index contributed by atoms with van der Waals surface area (Å²) < 4.78 is 11.6. The smallest absolute Gasteiger partial charge is 0.121 e. The molecule has 142 valence electrons. The highest BCUT2D eigenvalue weighted by molar-refractivity contribution is 8.11. The summed E-state index contributed by atoms with van der Waals surface area (Å²) in [6.45, 7) is 16.9. The van der Waals surface area contributed by atoms with Crippen molar-refractivity contribution < 1.29 is 9.47 Å². The van der Waals surface area contributed by atoms with Crippen LogP contribution in [-0.4, -0.2) is 13.2 Å². The van der Waals surface area contributed by atoms with Crippen molar-refractivity contribution in [3.63, 3.8) is 0 Å². The second-order valence-corrected chi connectivity index (χ2v) is 8.49. The van der Waals surface area contributed by atoms with E-state index in [9.17, 15) is 0 Å². The van der Waals surface area contributed by atoms with Gasteiger partial charge in [-0.05, 0) is 60.8 Å². The van der Waals surface area contributed by atoms with Gasteiger partial charge in [0.15, 0.2) is 0 Å². The molecule has 0 unspecified atom stereocenters. The van der Waals surface area contributed by atoms with Crippen molar-refractivity contribution in [3.8, 4) is 5.75 Å². The molecule has 1 fully saturated rings. The molecule has 0 saturated heterocycles. The first-order chi connectivity index (χ1) is 12.4. The van der Waals surface area contributed by atoms with Crippen molar-refractivity contribution in [1.29, 1.82) is 0 Å². The van der Waals surface area contributed by atoms with Gasteiger partial charge in [0.1, 0.15) is 11.5 Å². The van der Waals surface area contributed by atoms with Gasteiger partial charge in [-0.1, -0.05) is 57.7 Å². The first-order valence-electron chi connectivity index (χ1n) is 9.41. The van der Waals surface area contributed by atoms with Crippen LogP contribution in [0.1, 0.15) is 64.5 Å². The van der Waals surface area contributed by atoms with Crippen molar-refractivity contribution in [2.75, 3.05) is 7.11 Å². The van der Waals surface area contributed by atoms with Gasteiger partial charge in [0.2, 0.25) is 0 Å². The van der Waals surface area contributed by atoms with Gasteiger partial charge in [-0.2, -0.15) is 0 Å². The van der Waals surface area contributed by atoms with Crippen molar-refractivity contribution in [2.24, 2.45) is 5.41 Å². The SMILES string of the molecule is C=C(OC)c1cc(OC2CC(CC)(CC)C2)cc(C(=C)S/C(C)=C\C)c1. The molecule has 0 spiro atoms. The zero-order valence-electron chi connectivity index (χ0n) is 16.9. The molecule has 1 aliphatic carbocycles. The number of benzene rings is 1. The Labute approximate surface area is 163 Å². The van der Waals surface area contributed by atoms with E-state index in [-0.39, 0.29) is 0 Å². The molecule has 0 N–H and O–H groups in total. The third kappa shape index (κ3) is 4.76. The van der Waals surface area contributed by atoms with E-state index in [0.717, 1.165) is 34.6 Å². The molecule has 0 radical (unpaired) electrons. The van der Waals surface area contributed by atoms with Crippen LogP contribution in [0.4, 0.5) is 0 Å². The monoisotopic (exact) mass is 372 g/mol. The minimum Gasteiger partial charge on any atom is -0.497 e. The van der Waals surface area contributed by atoms with Crippen LogP contribution in [0.2, 0.25) is 0 Å². The Morgan fingerprint density at radius 3 is 2.35 bits per heavy atom. The number of rotatable bonds is 9. The van der Waals surface area contributed by atoms with Gasteiger partial charge in [-0.3, -0.25) is 0 Å². The van der Waals surface area contributed by atoms with Crippen LogP contribution < -0.4 is 4.74 Å². The summed E-state index contributed by atoms with van der Waals surface area (Å²) in [5.41, 5.74) is 2.47. The molecular weight excluding hydrogens is 340 g/mol. The number of hydrogen-bond acceptors (Lipinski definition) is 3. The Kier molecular flexibility index (Phi) is 7.05. The third-order valence-electron chi connectivity index (χ3n) is 5.61. The summed E-state index contributed by atoms with van der Waals surface area (Å²) in [6.07, 6.45) is 7.12. The summed E-state index contributed by atoms with van der Waals surface area (Å²) in [7, 11) is 1.64. The highest BCUT2D eigenvalue weighted by atomic mass is 32.2. The van der Waals surface area contributed by atoms with Crippen molar-refractivity contribution in [1.82, 2.24) is 0 Å². The first kappa shape index (κ1) is 20.7. The van der Waals surface area contributed by atoms with Gasteiger partial charge in [0.05, 0.1) is 13.2 Å². The molecule has 3 heteroatoms. The van der Waals surface area contributed by atoms with Crippen molar-refractivity contribution >= 4 is 22.4 Å². The average Bonchev–Trinajstić information content (AvgIpc) is 2.63. The van der Waals surface area contributed by atoms with E-state index in [1.54, 1.807) is 18.9 Å². The summed E-state index contributed by atoms with van der Waals surface area (Å²) in [5.74, 6) is 1.52. The zero-order valence-corrected chi connectivity index (χ0v) is 17.7. The maximum Gasteiger partial charge on any atom is 0.121 e. The molecule has 0 heterocycles. The lowest BCUT2D eigenvalue weighted by Crippen LogP contribution is -2.43. The van der Waals surface area contributed by atoms with E-state index in [2.05, 4.69) is 52.1 Å². The van der Waals surface area contributed by atoms with E-state index >= 15 is 0 Å². The lowest BCUT2D eigenvalue weighted by molar-refractivity contribution is -0.0205. The van der Waals surface area contributed by atoms with Gasteiger partial charge in [0, 0.05) is 10.5 Å². The highest BCUT2D eigenvalue weighted by Gasteiger charge is 2.42. The zero-order chi connectivity index (χ0) is 19.3. The fraction of sp³-hybridized carbons (Fsp3) is 0.478. The largest absolute Gasteiger partial charge is 0.497 e. The van der Waals surface area contributed by atoms with Crippen LogP contribution in [0.15, 0.2) is 42.3 Å². The molecular formula is C23H32O2S.